The van der Waals surface area contributed by atoms with Crippen LogP contribution in [0.25, 0.3) is 0 Å². The average molecular weight is 378 g/mol. The van der Waals surface area contributed by atoms with Crippen LogP contribution in [-0.2, 0) is 9.47 Å². The van der Waals surface area contributed by atoms with E-state index in [2.05, 4.69) is 5.32 Å². The van der Waals surface area contributed by atoms with Crippen LogP contribution >= 0.6 is 23.2 Å². The van der Waals surface area contributed by atoms with Crippen molar-refractivity contribution in [3.05, 3.63) is 27.7 Å². The van der Waals surface area contributed by atoms with Crippen LogP contribution in [0.15, 0.2) is 12.1 Å². The summed E-state index contributed by atoms with van der Waals surface area (Å²) in [5.41, 5.74) is -0.483. The van der Waals surface area contributed by atoms with Gasteiger partial charge in [0.05, 0.1) is 23.8 Å². The molecule has 0 atom stereocenters. The summed E-state index contributed by atoms with van der Waals surface area (Å²) in [7, 11) is 1.39. The van der Waals surface area contributed by atoms with Gasteiger partial charge in [0.25, 0.3) is 0 Å². The lowest BCUT2D eigenvalue weighted by molar-refractivity contribution is 0.0481. The molecule has 1 amide bonds. The molecule has 24 heavy (non-hydrogen) atoms. The first-order valence-electron chi connectivity index (χ1n) is 7.31. The largest absolute Gasteiger partial charge is 0.494 e. The van der Waals surface area contributed by atoms with Crippen LogP contribution in [0.4, 0.5) is 4.79 Å². The topological polar surface area (TPSA) is 73.9 Å². The molecule has 0 unspecified atom stereocenters. The van der Waals surface area contributed by atoms with Gasteiger partial charge in [-0.15, -0.1) is 0 Å². The molecule has 1 N–H and O–H groups in total. The van der Waals surface area contributed by atoms with Crippen LogP contribution in [0.3, 0.4) is 0 Å². The third kappa shape index (κ3) is 6.45. The van der Waals surface area contributed by atoms with Gasteiger partial charge in [0.1, 0.15) is 11.2 Å². The number of carbonyl (C=O) groups excluding carboxylic acids is 2. The van der Waals surface area contributed by atoms with Crippen molar-refractivity contribution in [1.82, 2.24) is 5.32 Å². The summed E-state index contributed by atoms with van der Waals surface area (Å²) in [5.74, 6) is -0.474. The zero-order chi connectivity index (χ0) is 18.3. The number of benzene rings is 1. The van der Waals surface area contributed by atoms with E-state index in [0.29, 0.717) is 13.0 Å². The van der Waals surface area contributed by atoms with E-state index in [9.17, 15) is 9.59 Å². The van der Waals surface area contributed by atoms with Crippen LogP contribution in [0, 0.1) is 0 Å². The van der Waals surface area contributed by atoms with Crippen molar-refractivity contribution in [3.63, 3.8) is 0 Å². The Morgan fingerprint density at radius 2 is 1.79 bits per heavy atom. The molecule has 1 aromatic rings. The Kier molecular flexibility index (Phi) is 7.63. The molecule has 0 aromatic heterocycles. The lowest BCUT2D eigenvalue weighted by atomic mass is 10.2. The summed E-state index contributed by atoms with van der Waals surface area (Å²) in [4.78, 5) is 23.6. The molecule has 0 aliphatic heterocycles. The first kappa shape index (κ1) is 20.4. The Bertz CT molecular complexity index is 599. The summed E-state index contributed by atoms with van der Waals surface area (Å²) in [6.45, 7) is 5.73. The fourth-order valence-corrected chi connectivity index (χ4v) is 2.20. The maximum atomic E-state index is 12.1. The molecule has 0 saturated carbocycles. The van der Waals surface area contributed by atoms with Gasteiger partial charge < -0.3 is 19.5 Å². The number of halogens is 2. The van der Waals surface area contributed by atoms with Gasteiger partial charge in [0.2, 0.25) is 0 Å². The minimum Gasteiger partial charge on any atom is -0.494 e. The summed E-state index contributed by atoms with van der Waals surface area (Å²) in [6.07, 6.45) is -0.0979. The van der Waals surface area contributed by atoms with E-state index in [1.807, 2.05) is 0 Å². The number of esters is 1. The van der Waals surface area contributed by atoms with E-state index in [-0.39, 0.29) is 28.0 Å². The van der Waals surface area contributed by atoms with Crippen LogP contribution in [0.5, 0.6) is 5.75 Å². The van der Waals surface area contributed by atoms with E-state index < -0.39 is 17.7 Å². The van der Waals surface area contributed by atoms with Gasteiger partial charge >= 0.3 is 12.1 Å². The molecule has 0 spiro atoms. The third-order valence-electron chi connectivity index (χ3n) is 2.69. The third-order valence-corrected chi connectivity index (χ3v) is 3.30. The molecule has 8 heteroatoms. The molecular weight excluding hydrogens is 357 g/mol. The first-order valence-corrected chi connectivity index (χ1v) is 8.07. The number of ether oxygens (including phenoxy) is 3. The zero-order valence-corrected chi connectivity index (χ0v) is 15.6. The van der Waals surface area contributed by atoms with E-state index in [0.717, 1.165) is 0 Å². The van der Waals surface area contributed by atoms with E-state index in [1.165, 1.54) is 19.2 Å². The number of nitrogens with one attached hydrogen (secondary N) is 1. The van der Waals surface area contributed by atoms with Gasteiger partial charge in [0.15, 0.2) is 5.75 Å². The maximum absolute atomic E-state index is 12.1. The van der Waals surface area contributed by atoms with Gasteiger partial charge in [-0.3, -0.25) is 0 Å². The van der Waals surface area contributed by atoms with E-state index >= 15 is 0 Å². The number of carbonyl (C=O) groups is 2. The van der Waals surface area contributed by atoms with Gasteiger partial charge in [-0.05, 0) is 39.3 Å². The van der Waals surface area contributed by atoms with Crippen molar-refractivity contribution < 1.29 is 23.8 Å². The first-order chi connectivity index (χ1) is 11.2. The average Bonchev–Trinajstić information content (AvgIpc) is 2.46. The van der Waals surface area contributed by atoms with E-state index in [1.54, 1.807) is 20.8 Å². The van der Waals surface area contributed by atoms with Gasteiger partial charge in [0, 0.05) is 6.54 Å². The SMILES string of the molecule is COc1c(Cl)ccc(Cl)c1C(=O)OCCCNC(=O)OC(C)(C)C. The predicted octanol–water partition coefficient (Wildman–Crippen LogP) is 4.07. The van der Waals surface area contributed by atoms with Crippen molar-refractivity contribution >= 4 is 35.3 Å². The highest BCUT2D eigenvalue weighted by Gasteiger charge is 2.21. The highest BCUT2D eigenvalue weighted by molar-refractivity contribution is 6.37. The number of alkyl carbamates (subject to hydrolysis) is 1. The minimum atomic E-state index is -0.642. The Morgan fingerprint density at radius 3 is 2.38 bits per heavy atom. The number of methoxy groups -OCH3 is 1. The summed E-state index contributed by atoms with van der Waals surface area (Å²) >= 11 is 12.0. The monoisotopic (exact) mass is 377 g/mol. The standard InChI is InChI=1S/C16H21Cl2NO5/c1-16(2,3)24-15(21)19-8-5-9-23-14(20)12-10(17)6-7-11(18)13(12)22-4/h6-7H,5,8-9H2,1-4H3,(H,19,21). The second-order valence-corrected chi connectivity index (χ2v) is 6.67. The van der Waals surface area contributed by atoms with Crippen LogP contribution in [0.1, 0.15) is 37.6 Å². The second-order valence-electron chi connectivity index (χ2n) is 5.86. The Morgan fingerprint density at radius 1 is 1.17 bits per heavy atom. The number of amides is 1. The zero-order valence-electron chi connectivity index (χ0n) is 14.1. The quantitative estimate of drug-likeness (QED) is 0.597. The van der Waals surface area contributed by atoms with Gasteiger partial charge in [-0.1, -0.05) is 23.2 Å². The number of hydrogen-bond acceptors (Lipinski definition) is 5. The Hall–Kier alpha value is -1.66. The summed E-state index contributed by atoms with van der Waals surface area (Å²) in [5, 5.41) is 3.02. The molecule has 0 heterocycles. The molecule has 0 aliphatic carbocycles. The van der Waals surface area contributed by atoms with Crippen molar-refractivity contribution in [2.75, 3.05) is 20.3 Å². The fourth-order valence-electron chi connectivity index (χ4n) is 1.74. The Balaban J connectivity index is 2.46. The van der Waals surface area contributed by atoms with Gasteiger partial charge in [-0.2, -0.15) is 0 Å². The van der Waals surface area contributed by atoms with Crippen molar-refractivity contribution in [3.8, 4) is 5.75 Å². The lowest BCUT2D eigenvalue weighted by Crippen LogP contribution is -2.33. The Labute approximate surface area is 151 Å². The minimum absolute atomic E-state index is 0.0757. The highest BCUT2D eigenvalue weighted by atomic mass is 35.5. The lowest BCUT2D eigenvalue weighted by Gasteiger charge is -2.19. The summed E-state index contributed by atoms with van der Waals surface area (Å²) in [6, 6.07) is 3.03. The number of rotatable bonds is 6. The van der Waals surface area contributed by atoms with Gasteiger partial charge in [-0.25, -0.2) is 9.59 Å². The maximum Gasteiger partial charge on any atom is 0.407 e. The van der Waals surface area contributed by atoms with Crippen molar-refractivity contribution in [1.29, 1.82) is 0 Å². The molecule has 134 valence electrons. The summed E-state index contributed by atoms with van der Waals surface area (Å²) < 4.78 is 15.3. The van der Waals surface area contributed by atoms with Crippen LogP contribution in [-0.4, -0.2) is 37.9 Å². The molecule has 1 rings (SSSR count). The fraction of sp³-hybridized carbons (Fsp3) is 0.500. The molecule has 6 nitrogen and oxygen atoms in total. The second kappa shape index (κ2) is 8.99. The van der Waals surface area contributed by atoms with Crippen LogP contribution in [0.2, 0.25) is 10.0 Å². The van der Waals surface area contributed by atoms with Crippen molar-refractivity contribution in [2.45, 2.75) is 32.8 Å². The molecular formula is C16H21Cl2NO5. The van der Waals surface area contributed by atoms with Crippen LogP contribution < -0.4 is 10.1 Å². The molecule has 1 aromatic carbocycles. The number of hydrogen-bond donors (Lipinski definition) is 1. The normalized spacial score (nSPS) is 10.9. The molecule has 0 bridgehead atoms. The molecule has 0 radical (unpaired) electrons. The smallest absolute Gasteiger partial charge is 0.407 e. The van der Waals surface area contributed by atoms with E-state index in [4.69, 9.17) is 37.4 Å². The predicted molar refractivity (Wildman–Crippen MR) is 92.2 cm³/mol. The van der Waals surface area contributed by atoms with Crippen molar-refractivity contribution in [2.24, 2.45) is 0 Å². The highest BCUT2D eigenvalue weighted by Crippen LogP contribution is 2.34. The molecule has 0 saturated heterocycles. The molecule has 0 fully saturated rings. The molecule has 0 aliphatic rings.